The summed E-state index contributed by atoms with van der Waals surface area (Å²) in [6.07, 6.45) is 3.42. The highest BCUT2D eigenvalue weighted by Crippen LogP contribution is 2.27. The molecule has 136 valence electrons. The quantitative estimate of drug-likeness (QED) is 0.661. The van der Waals surface area contributed by atoms with Crippen LogP contribution in [0.15, 0.2) is 53.9 Å². The molecular formula is C19H18N6OS. The van der Waals surface area contributed by atoms with E-state index in [-0.39, 0.29) is 11.2 Å². The van der Waals surface area contributed by atoms with Crippen molar-refractivity contribution in [3.8, 4) is 17.5 Å². The van der Waals surface area contributed by atoms with Crippen molar-refractivity contribution in [2.24, 2.45) is 0 Å². The van der Waals surface area contributed by atoms with Crippen LogP contribution in [0.5, 0.6) is 0 Å². The maximum Gasteiger partial charge on any atom is 0.237 e. The van der Waals surface area contributed by atoms with Crippen molar-refractivity contribution in [3.63, 3.8) is 0 Å². The number of hydrogen-bond donors (Lipinski definition) is 1. The van der Waals surface area contributed by atoms with E-state index < -0.39 is 0 Å². The van der Waals surface area contributed by atoms with Gasteiger partial charge in [-0.3, -0.25) is 9.78 Å². The maximum atomic E-state index is 12.5. The molecule has 0 radical (unpaired) electrons. The molecule has 7 nitrogen and oxygen atoms in total. The fourth-order valence-electron chi connectivity index (χ4n) is 2.50. The van der Waals surface area contributed by atoms with E-state index >= 15 is 0 Å². The van der Waals surface area contributed by atoms with Crippen LogP contribution in [0.3, 0.4) is 0 Å². The molecule has 1 atom stereocenters. The van der Waals surface area contributed by atoms with E-state index in [1.807, 2.05) is 30.5 Å². The van der Waals surface area contributed by atoms with Gasteiger partial charge in [-0.25, -0.2) is 0 Å². The van der Waals surface area contributed by atoms with Crippen LogP contribution in [-0.4, -0.2) is 30.9 Å². The third kappa shape index (κ3) is 4.33. The van der Waals surface area contributed by atoms with E-state index in [9.17, 15) is 4.79 Å². The molecule has 3 aromatic rings. The van der Waals surface area contributed by atoms with Crippen molar-refractivity contribution >= 4 is 23.4 Å². The van der Waals surface area contributed by atoms with E-state index in [1.165, 1.54) is 11.8 Å². The van der Waals surface area contributed by atoms with Crippen LogP contribution >= 0.6 is 11.8 Å². The molecule has 0 bridgehead atoms. The Morgan fingerprint density at radius 3 is 2.78 bits per heavy atom. The number of nitriles is 1. The molecule has 0 spiro atoms. The summed E-state index contributed by atoms with van der Waals surface area (Å²) >= 11 is 1.34. The lowest BCUT2D eigenvalue weighted by atomic mass is 10.2. The molecule has 1 amide bonds. The molecule has 0 aliphatic carbocycles. The lowest BCUT2D eigenvalue weighted by Crippen LogP contribution is -2.23. The van der Waals surface area contributed by atoms with Gasteiger partial charge in [-0.05, 0) is 44.2 Å². The van der Waals surface area contributed by atoms with E-state index in [4.69, 9.17) is 5.26 Å². The van der Waals surface area contributed by atoms with Crippen LogP contribution in [0, 0.1) is 11.3 Å². The number of nitrogens with one attached hydrogen (secondary N) is 1. The second-order valence-corrected chi connectivity index (χ2v) is 7.04. The molecule has 1 unspecified atom stereocenters. The number of rotatable bonds is 6. The van der Waals surface area contributed by atoms with Gasteiger partial charge in [-0.1, -0.05) is 17.8 Å². The SMILES string of the molecule is CCn1c(SC(C)C(=O)Nc2cccc(C#N)c2)nnc1-c1ccncc1. The normalized spacial score (nSPS) is 11.6. The number of carbonyl (C=O) groups excluding carboxylic acids is 1. The predicted octanol–water partition coefficient (Wildman–Crippen LogP) is 3.35. The zero-order chi connectivity index (χ0) is 19.2. The molecule has 0 fully saturated rings. The van der Waals surface area contributed by atoms with E-state index in [2.05, 4.69) is 26.6 Å². The number of amides is 1. The average Bonchev–Trinajstić information content (AvgIpc) is 3.11. The minimum Gasteiger partial charge on any atom is -0.325 e. The second-order valence-electron chi connectivity index (χ2n) is 5.73. The molecule has 27 heavy (non-hydrogen) atoms. The molecule has 8 heteroatoms. The summed E-state index contributed by atoms with van der Waals surface area (Å²) in [7, 11) is 0. The molecule has 1 N–H and O–H groups in total. The predicted molar refractivity (Wildman–Crippen MR) is 104 cm³/mol. The zero-order valence-electron chi connectivity index (χ0n) is 15.0. The topological polar surface area (TPSA) is 96.5 Å². The zero-order valence-corrected chi connectivity index (χ0v) is 15.8. The first-order valence-electron chi connectivity index (χ1n) is 8.43. The molecule has 0 saturated heterocycles. The Morgan fingerprint density at radius 2 is 2.07 bits per heavy atom. The smallest absolute Gasteiger partial charge is 0.237 e. The Kier molecular flexibility index (Phi) is 5.84. The summed E-state index contributed by atoms with van der Waals surface area (Å²) in [6.45, 7) is 4.51. The first-order valence-corrected chi connectivity index (χ1v) is 9.31. The number of anilines is 1. The van der Waals surface area contributed by atoms with Gasteiger partial charge in [0.25, 0.3) is 0 Å². The molecule has 3 rings (SSSR count). The van der Waals surface area contributed by atoms with Crippen LogP contribution in [-0.2, 0) is 11.3 Å². The Labute approximate surface area is 161 Å². The lowest BCUT2D eigenvalue weighted by Gasteiger charge is -2.13. The first-order chi connectivity index (χ1) is 13.1. The van der Waals surface area contributed by atoms with Crippen LogP contribution in [0.4, 0.5) is 5.69 Å². The minimum atomic E-state index is -0.379. The molecule has 0 aliphatic heterocycles. The summed E-state index contributed by atoms with van der Waals surface area (Å²) in [5.74, 6) is 0.586. The molecule has 1 aromatic carbocycles. The fraction of sp³-hybridized carbons (Fsp3) is 0.211. The first kappa shape index (κ1) is 18.6. The van der Waals surface area contributed by atoms with Crippen molar-refractivity contribution < 1.29 is 4.79 Å². The van der Waals surface area contributed by atoms with Gasteiger partial charge < -0.3 is 9.88 Å². The number of aromatic nitrogens is 4. The molecule has 2 aromatic heterocycles. The standard InChI is InChI=1S/C19H18N6OS/c1-3-25-17(15-7-9-21-10-8-15)23-24-19(25)27-13(2)18(26)22-16-6-4-5-14(11-16)12-20/h4-11,13H,3H2,1-2H3,(H,22,26). The summed E-state index contributed by atoms with van der Waals surface area (Å²) in [6, 6.07) is 12.6. The number of pyridine rings is 1. The monoisotopic (exact) mass is 378 g/mol. The van der Waals surface area contributed by atoms with Crippen molar-refractivity contribution in [2.45, 2.75) is 30.8 Å². The van der Waals surface area contributed by atoms with Gasteiger partial charge in [0.15, 0.2) is 11.0 Å². The summed E-state index contributed by atoms with van der Waals surface area (Å²) in [5, 5.41) is 20.6. The Bertz CT molecular complexity index is 979. The van der Waals surface area contributed by atoms with Crippen LogP contribution in [0.1, 0.15) is 19.4 Å². The van der Waals surface area contributed by atoms with Gasteiger partial charge >= 0.3 is 0 Å². The average molecular weight is 378 g/mol. The van der Waals surface area contributed by atoms with E-state index in [1.54, 1.807) is 36.7 Å². The number of carbonyl (C=O) groups is 1. The Morgan fingerprint density at radius 1 is 1.30 bits per heavy atom. The van der Waals surface area contributed by atoms with Crippen LogP contribution in [0.25, 0.3) is 11.4 Å². The van der Waals surface area contributed by atoms with Gasteiger partial charge in [-0.2, -0.15) is 5.26 Å². The van der Waals surface area contributed by atoms with Crippen molar-refractivity contribution in [2.75, 3.05) is 5.32 Å². The third-order valence-electron chi connectivity index (χ3n) is 3.88. The second kappa shape index (κ2) is 8.47. The third-order valence-corrected chi connectivity index (χ3v) is 4.96. The van der Waals surface area contributed by atoms with Gasteiger partial charge in [0.2, 0.25) is 5.91 Å². The largest absolute Gasteiger partial charge is 0.325 e. The fourth-order valence-corrected chi connectivity index (χ4v) is 3.41. The summed E-state index contributed by atoms with van der Waals surface area (Å²) in [5.41, 5.74) is 2.03. The lowest BCUT2D eigenvalue weighted by molar-refractivity contribution is -0.115. The van der Waals surface area contributed by atoms with Gasteiger partial charge in [-0.15, -0.1) is 10.2 Å². The van der Waals surface area contributed by atoms with Gasteiger partial charge in [0.1, 0.15) is 0 Å². The van der Waals surface area contributed by atoms with Crippen LogP contribution < -0.4 is 5.32 Å². The van der Waals surface area contributed by atoms with Gasteiger partial charge in [0, 0.05) is 30.2 Å². The summed E-state index contributed by atoms with van der Waals surface area (Å²) in [4.78, 5) is 16.5. The minimum absolute atomic E-state index is 0.161. The number of nitrogens with zero attached hydrogens (tertiary/aromatic N) is 5. The molecular weight excluding hydrogens is 360 g/mol. The highest BCUT2D eigenvalue weighted by atomic mass is 32.2. The highest BCUT2D eigenvalue weighted by Gasteiger charge is 2.20. The van der Waals surface area contributed by atoms with Crippen molar-refractivity contribution in [1.29, 1.82) is 5.26 Å². The maximum absolute atomic E-state index is 12.5. The number of benzene rings is 1. The van der Waals surface area contributed by atoms with Crippen molar-refractivity contribution in [3.05, 3.63) is 54.4 Å². The Hall–Kier alpha value is -3.18. The van der Waals surface area contributed by atoms with E-state index in [0.717, 1.165) is 11.4 Å². The summed E-state index contributed by atoms with van der Waals surface area (Å²) < 4.78 is 1.97. The van der Waals surface area contributed by atoms with E-state index in [0.29, 0.717) is 23.0 Å². The van der Waals surface area contributed by atoms with Crippen LogP contribution in [0.2, 0.25) is 0 Å². The van der Waals surface area contributed by atoms with Crippen molar-refractivity contribution in [1.82, 2.24) is 19.7 Å². The number of hydrogen-bond acceptors (Lipinski definition) is 6. The molecule has 0 saturated carbocycles. The Balaban J connectivity index is 1.74. The highest BCUT2D eigenvalue weighted by molar-refractivity contribution is 8.00. The molecule has 2 heterocycles. The molecule has 0 aliphatic rings. The number of thioether (sulfide) groups is 1. The van der Waals surface area contributed by atoms with Gasteiger partial charge in [0.05, 0.1) is 16.9 Å².